The van der Waals surface area contributed by atoms with Crippen LogP contribution in [0.2, 0.25) is 0 Å². The summed E-state index contributed by atoms with van der Waals surface area (Å²) < 4.78 is 51.2. The van der Waals surface area contributed by atoms with Crippen molar-refractivity contribution < 1.29 is 17.6 Å². The largest absolute Gasteiger partial charge is 0.416 e. The molecule has 2 aromatic carbocycles. The molecule has 0 unspecified atom stereocenters. The van der Waals surface area contributed by atoms with Gasteiger partial charge in [0.05, 0.1) is 5.56 Å². The SMILES string of the molecule is C=C(C(N)=Nc1cc(N)ccc1F)c1ccc(C(F)(F)F)cc1. The van der Waals surface area contributed by atoms with Crippen LogP contribution in [0.3, 0.4) is 0 Å². The fourth-order valence-corrected chi connectivity index (χ4v) is 1.82. The first-order valence-corrected chi connectivity index (χ1v) is 6.44. The van der Waals surface area contributed by atoms with Gasteiger partial charge in [0.1, 0.15) is 17.3 Å². The molecular formula is C16H13F4N3. The Labute approximate surface area is 129 Å². The highest BCUT2D eigenvalue weighted by atomic mass is 19.4. The van der Waals surface area contributed by atoms with Crippen molar-refractivity contribution in [1.29, 1.82) is 0 Å². The topological polar surface area (TPSA) is 64.4 Å². The molecule has 0 aliphatic carbocycles. The zero-order chi connectivity index (χ0) is 17.2. The Morgan fingerprint density at radius 2 is 1.65 bits per heavy atom. The van der Waals surface area contributed by atoms with Crippen molar-refractivity contribution in [1.82, 2.24) is 0 Å². The Morgan fingerprint density at radius 1 is 1.04 bits per heavy atom. The van der Waals surface area contributed by atoms with Gasteiger partial charge in [-0.3, -0.25) is 0 Å². The Morgan fingerprint density at radius 3 is 2.22 bits per heavy atom. The minimum atomic E-state index is -4.43. The van der Waals surface area contributed by atoms with Gasteiger partial charge in [-0.1, -0.05) is 18.7 Å². The average Bonchev–Trinajstić information content (AvgIpc) is 2.49. The molecule has 4 N–H and O–H groups in total. The molecule has 0 fully saturated rings. The van der Waals surface area contributed by atoms with Crippen LogP contribution in [0.25, 0.3) is 5.57 Å². The smallest absolute Gasteiger partial charge is 0.399 e. The van der Waals surface area contributed by atoms with E-state index in [-0.39, 0.29) is 17.1 Å². The molecule has 0 saturated carbocycles. The van der Waals surface area contributed by atoms with E-state index in [0.717, 1.165) is 18.2 Å². The lowest BCUT2D eigenvalue weighted by molar-refractivity contribution is -0.137. The summed E-state index contributed by atoms with van der Waals surface area (Å²) in [5.41, 5.74) is 11.3. The molecule has 0 atom stereocenters. The summed E-state index contributed by atoms with van der Waals surface area (Å²) in [6.07, 6.45) is -4.43. The molecule has 120 valence electrons. The molecule has 0 spiro atoms. The predicted molar refractivity (Wildman–Crippen MR) is 82.6 cm³/mol. The van der Waals surface area contributed by atoms with Gasteiger partial charge in [-0.05, 0) is 35.9 Å². The van der Waals surface area contributed by atoms with Crippen LogP contribution < -0.4 is 11.5 Å². The number of nitrogens with two attached hydrogens (primary N) is 2. The molecule has 23 heavy (non-hydrogen) atoms. The maximum Gasteiger partial charge on any atom is 0.416 e. The zero-order valence-electron chi connectivity index (χ0n) is 11.9. The van der Waals surface area contributed by atoms with E-state index < -0.39 is 17.6 Å². The van der Waals surface area contributed by atoms with Gasteiger partial charge in [-0.15, -0.1) is 0 Å². The van der Waals surface area contributed by atoms with E-state index in [9.17, 15) is 17.6 Å². The van der Waals surface area contributed by atoms with Crippen LogP contribution in [0.4, 0.5) is 28.9 Å². The van der Waals surface area contributed by atoms with Crippen LogP contribution >= 0.6 is 0 Å². The van der Waals surface area contributed by atoms with Gasteiger partial charge < -0.3 is 11.5 Å². The predicted octanol–water partition coefficient (Wildman–Crippen LogP) is 4.13. The highest BCUT2D eigenvalue weighted by Crippen LogP contribution is 2.30. The van der Waals surface area contributed by atoms with Crippen molar-refractivity contribution in [2.45, 2.75) is 6.18 Å². The maximum absolute atomic E-state index is 13.6. The second kappa shape index (κ2) is 6.12. The molecular weight excluding hydrogens is 310 g/mol. The summed E-state index contributed by atoms with van der Waals surface area (Å²) in [5.74, 6) is -0.739. The Kier molecular flexibility index (Phi) is 4.40. The number of halogens is 4. The minimum Gasteiger partial charge on any atom is -0.399 e. The van der Waals surface area contributed by atoms with Crippen molar-refractivity contribution in [3.63, 3.8) is 0 Å². The fourth-order valence-electron chi connectivity index (χ4n) is 1.82. The number of hydrogen-bond acceptors (Lipinski definition) is 2. The normalized spacial score (nSPS) is 12.3. The molecule has 7 heteroatoms. The number of nitrogens with zero attached hydrogens (tertiary/aromatic N) is 1. The standard InChI is InChI=1S/C16H13F4N3/c1-9(10-2-4-11(5-3-10)16(18,19)20)15(22)23-14-8-12(21)6-7-13(14)17/h2-8H,1,21H2,(H2,22,23). The van der Waals surface area contributed by atoms with Crippen LogP contribution in [0.15, 0.2) is 54.0 Å². The highest BCUT2D eigenvalue weighted by molar-refractivity contribution is 6.21. The lowest BCUT2D eigenvalue weighted by Crippen LogP contribution is -2.13. The monoisotopic (exact) mass is 323 g/mol. The van der Waals surface area contributed by atoms with Crippen molar-refractivity contribution in [2.75, 3.05) is 5.73 Å². The van der Waals surface area contributed by atoms with E-state index in [4.69, 9.17) is 11.5 Å². The molecule has 0 saturated heterocycles. The number of amidine groups is 1. The first-order chi connectivity index (χ1) is 10.7. The van der Waals surface area contributed by atoms with Crippen molar-refractivity contribution in [3.8, 4) is 0 Å². The summed E-state index contributed by atoms with van der Waals surface area (Å²) in [4.78, 5) is 3.88. The molecule has 0 aliphatic heterocycles. The van der Waals surface area contributed by atoms with E-state index in [1.807, 2.05) is 0 Å². The van der Waals surface area contributed by atoms with E-state index in [2.05, 4.69) is 11.6 Å². The summed E-state index contributed by atoms with van der Waals surface area (Å²) in [5, 5.41) is 0. The van der Waals surface area contributed by atoms with Gasteiger partial charge in [0.15, 0.2) is 0 Å². The molecule has 0 radical (unpaired) electrons. The van der Waals surface area contributed by atoms with Crippen molar-refractivity contribution >= 4 is 22.8 Å². The summed E-state index contributed by atoms with van der Waals surface area (Å²) in [7, 11) is 0. The zero-order valence-corrected chi connectivity index (χ0v) is 11.9. The second-order valence-corrected chi connectivity index (χ2v) is 4.76. The van der Waals surface area contributed by atoms with Crippen LogP contribution in [-0.2, 0) is 6.18 Å². The summed E-state index contributed by atoms with van der Waals surface area (Å²) >= 11 is 0. The highest BCUT2D eigenvalue weighted by Gasteiger charge is 2.30. The van der Waals surface area contributed by atoms with Gasteiger partial charge in [0.2, 0.25) is 0 Å². The molecule has 0 amide bonds. The van der Waals surface area contributed by atoms with Crippen molar-refractivity contribution in [3.05, 3.63) is 66.0 Å². The van der Waals surface area contributed by atoms with Crippen LogP contribution in [0.1, 0.15) is 11.1 Å². The molecule has 0 aliphatic rings. The van der Waals surface area contributed by atoms with Crippen LogP contribution in [0.5, 0.6) is 0 Å². The third kappa shape index (κ3) is 3.88. The Hall–Kier alpha value is -2.83. The number of alkyl halides is 3. The Balaban J connectivity index is 2.29. The van der Waals surface area contributed by atoms with Crippen LogP contribution in [-0.4, -0.2) is 5.84 Å². The quantitative estimate of drug-likeness (QED) is 0.386. The van der Waals surface area contributed by atoms with E-state index in [1.54, 1.807) is 0 Å². The average molecular weight is 323 g/mol. The summed E-state index contributed by atoms with van der Waals surface area (Å²) in [6, 6.07) is 8.08. The van der Waals surface area contributed by atoms with Gasteiger partial charge in [0.25, 0.3) is 0 Å². The lowest BCUT2D eigenvalue weighted by Gasteiger charge is -2.09. The number of benzene rings is 2. The fraction of sp³-hybridized carbons (Fsp3) is 0.0625. The second-order valence-electron chi connectivity index (χ2n) is 4.76. The minimum absolute atomic E-state index is 0.0736. The maximum atomic E-state index is 13.6. The molecule has 2 aromatic rings. The number of aliphatic imine (C=N–C) groups is 1. The first-order valence-electron chi connectivity index (χ1n) is 6.44. The first kappa shape index (κ1) is 16.5. The molecule has 0 aromatic heterocycles. The number of hydrogen-bond donors (Lipinski definition) is 2. The van der Waals surface area contributed by atoms with Crippen LogP contribution in [0, 0.1) is 5.82 Å². The van der Waals surface area contributed by atoms with Crippen molar-refractivity contribution in [2.24, 2.45) is 10.7 Å². The van der Waals surface area contributed by atoms with E-state index in [1.165, 1.54) is 24.3 Å². The number of anilines is 1. The number of rotatable bonds is 3. The Bertz CT molecular complexity index is 762. The third-order valence-electron chi connectivity index (χ3n) is 3.08. The van der Waals surface area contributed by atoms with Gasteiger partial charge in [0, 0.05) is 11.3 Å². The van der Waals surface area contributed by atoms with Gasteiger partial charge in [-0.25, -0.2) is 9.38 Å². The van der Waals surface area contributed by atoms with Gasteiger partial charge in [-0.2, -0.15) is 13.2 Å². The molecule has 0 bridgehead atoms. The molecule has 2 rings (SSSR count). The third-order valence-corrected chi connectivity index (χ3v) is 3.08. The van der Waals surface area contributed by atoms with E-state index in [0.29, 0.717) is 11.3 Å². The number of nitrogen functional groups attached to an aromatic ring is 1. The molecule has 3 nitrogen and oxygen atoms in total. The van der Waals surface area contributed by atoms with E-state index >= 15 is 0 Å². The molecule has 0 heterocycles. The lowest BCUT2D eigenvalue weighted by atomic mass is 10.0. The van der Waals surface area contributed by atoms with Gasteiger partial charge >= 0.3 is 6.18 Å². The summed E-state index contributed by atoms with van der Waals surface area (Å²) in [6.45, 7) is 3.67.